The summed E-state index contributed by atoms with van der Waals surface area (Å²) in [5.41, 5.74) is -0.204. The Bertz CT molecular complexity index is 573. The van der Waals surface area contributed by atoms with Gasteiger partial charge in [-0.1, -0.05) is 11.6 Å². The van der Waals surface area contributed by atoms with Gasteiger partial charge in [0.2, 0.25) is 5.88 Å². The first-order chi connectivity index (χ1) is 11.2. The van der Waals surface area contributed by atoms with Crippen molar-refractivity contribution in [3.8, 4) is 5.88 Å². The molecule has 0 bridgehead atoms. The van der Waals surface area contributed by atoms with Crippen molar-refractivity contribution in [2.45, 2.75) is 45.6 Å². The minimum atomic E-state index is -0.500. The number of carbonyl (C=O) groups is 2. The third-order valence-electron chi connectivity index (χ3n) is 2.89. The molecule has 0 aliphatic carbocycles. The lowest BCUT2D eigenvalue weighted by molar-refractivity contribution is 0.0527. The molecule has 0 unspecified atom stereocenters. The topological polar surface area (TPSA) is 101 Å². The Kier molecular flexibility index (Phi) is 7.78. The average molecular weight is 358 g/mol. The monoisotopic (exact) mass is 357 g/mol. The van der Waals surface area contributed by atoms with Crippen molar-refractivity contribution in [2.75, 3.05) is 13.1 Å². The van der Waals surface area contributed by atoms with Gasteiger partial charge in [-0.25, -0.2) is 9.78 Å². The summed E-state index contributed by atoms with van der Waals surface area (Å²) in [5, 5.41) is 14.7. The molecule has 24 heavy (non-hydrogen) atoms. The molecule has 8 heteroatoms. The molecule has 0 aromatic carbocycles. The number of carbonyl (C=O) groups excluding carboxylic acids is 2. The molecule has 1 rings (SSSR count). The highest BCUT2D eigenvalue weighted by atomic mass is 35.5. The van der Waals surface area contributed by atoms with E-state index in [1.54, 1.807) is 0 Å². The fraction of sp³-hybridized carbons (Fsp3) is 0.562. The third kappa shape index (κ3) is 8.01. The Morgan fingerprint density at radius 2 is 1.83 bits per heavy atom. The quantitative estimate of drug-likeness (QED) is 0.651. The Morgan fingerprint density at radius 1 is 1.21 bits per heavy atom. The summed E-state index contributed by atoms with van der Waals surface area (Å²) in [6, 6.07) is 1.37. The molecule has 0 spiro atoms. The number of aromatic hydroxyl groups is 1. The molecule has 7 nitrogen and oxygen atoms in total. The van der Waals surface area contributed by atoms with Gasteiger partial charge in [0.1, 0.15) is 10.6 Å². The molecule has 0 radical (unpaired) electrons. The summed E-state index contributed by atoms with van der Waals surface area (Å²) in [7, 11) is 0. The Balaban J connectivity index is 2.12. The molecule has 1 aromatic heterocycles. The van der Waals surface area contributed by atoms with Crippen LogP contribution in [0.5, 0.6) is 5.88 Å². The summed E-state index contributed by atoms with van der Waals surface area (Å²) in [5.74, 6) is -0.595. The lowest BCUT2D eigenvalue weighted by Gasteiger charge is -2.19. The van der Waals surface area contributed by atoms with Gasteiger partial charge in [-0.05, 0) is 46.1 Å². The van der Waals surface area contributed by atoms with Gasteiger partial charge in [0.15, 0.2) is 0 Å². The molecule has 1 aromatic rings. The lowest BCUT2D eigenvalue weighted by atomic mass is 10.2. The summed E-state index contributed by atoms with van der Waals surface area (Å²) < 4.78 is 5.12. The first kappa shape index (κ1) is 20.0. The van der Waals surface area contributed by atoms with E-state index in [1.807, 2.05) is 20.8 Å². The van der Waals surface area contributed by atoms with E-state index in [2.05, 4.69) is 15.6 Å². The number of hydrogen-bond acceptors (Lipinski definition) is 5. The van der Waals surface area contributed by atoms with Crippen LogP contribution in [0.15, 0.2) is 12.3 Å². The molecular weight excluding hydrogens is 334 g/mol. The van der Waals surface area contributed by atoms with Crippen molar-refractivity contribution in [3.63, 3.8) is 0 Å². The maximum absolute atomic E-state index is 11.9. The number of ether oxygens (including phenoxy) is 1. The van der Waals surface area contributed by atoms with Gasteiger partial charge in [-0.15, -0.1) is 0 Å². The van der Waals surface area contributed by atoms with Crippen molar-refractivity contribution in [3.05, 3.63) is 22.8 Å². The second-order valence-electron chi connectivity index (χ2n) is 6.27. The number of rotatable bonds is 7. The summed E-state index contributed by atoms with van der Waals surface area (Å²) >= 11 is 5.70. The highest BCUT2D eigenvalue weighted by molar-refractivity contribution is 6.32. The van der Waals surface area contributed by atoms with E-state index in [9.17, 15) is 14.7 Å². The van der Waals surface area contributed by atoms with E-state index < -0.39 is 11.7 Å². The molecule has 3 N–H and O–H groups in total. The lowest BCUT2D eigenvalue weighted by Crippen LogP contribution is -2.33. The van der Waals surface area contributed by atoms with E-state index in [1.165, 1.54) is 12.3 Å². The fourth-order valence-electron chi connectivity index (χ4n) is 1.79. The first-order valence-electron chi connectivity index (χ1n) is 7.78. The van der Waals surface area contributed by atoms with Gasteiger partial charge in [0, 0.05) is 19.3 Å². The Hall–Kier alpha value is -2.02. The fourth-order valence-corrected chi connectivity index (χ4v) is 1.96. The molecular formula is C16H24ClN3O4. The zero-order valence-electron chi connectivity index (χ0n) is 14.2. The average Bonchev–Trinajstić information content (AvgIpc) is 2.47. The number of pyridine rings is 1. The number of alkyl carbamates (subject to hydrolysis) is 1. The molecule has 0 fully saturated rings. The van der Waals surface area contributed by atoms with E-state index >= 15 is 0 Å². The van der Waals surface area contributed by atoms with Gasteiger partial charge in [0.05, 0.1) is 5.56 Å². The molecule has 1 heterocycles. The molecule has 0 aliphatic heterocycles. The summed E-state index contributed by atoms with van der Waals surface area (Å²) in [4.78, 5) is 26.9. The predicted octanol–water partition coefficient (Wildman–Crippen LogP) is 2.87. The maximum atomic E-state index is 11.9. The second kappa shape index (κ2) is 9.32. The molecule has 2 amide bonds. The van der Waals surface area contributed by atoms with Crippen molar-refractivity contribution in [2.24, 2.45) is 0 Å². The number of nitrogens with zero attached hydrogens (tertiary/aromatic N) is 1. The molecule has 0 saturated carbocycles. The zero-order valence-corrected chi connectivity index (χ0v) is 14.9. The number of amides is 2. The minimum absolute atomic E-state index is 0.0378. The molecule has 0 saturated heterocycles. The van der Waals surface area contributed by atoms with Crippen LogP contribution in [0, 0.1) is 0 Å². The third-order valence-corrected chi connectivity index (χ3v) is 3.17. The second-order valence-corrected chi connectivity index (χ2v) is 6.68. The van der Waals surface area contributed by atoms with Crippen molar-refractivity contribution < 1.29 is 19.4 Å². The summed E-state index contributed by atoms with van der Waals surface area (Å²) in [6.07, 6.45) is 3.27. The number of nitrogens with one attached hydrogen (secondary N) is 2. The van der Waals surface area contributed by atoms with Crippen molar-refractivity contribution in [1.29, 1.82) is 0 Å². The van der Waals surface area contributed by atoms with Gasteiger partial charge < -0.3 is 20.5 Å². The Labute approximate surface area is 146 Å². The maximum Gasteiger partial charge on any atom is 0.407 e. The van der Waals surface area contributed by atoms with Crippen LogP contribution in [0.1, 0.15) is 50.4 Å². The van der Waals surface area contributed by atoms with E-state index in [4.69, 9.17) is 16.3 Å². The van der Waals surface area contributed by atoms with Crippen LogP contribution in [0.4, 0.5) is 4.79 Å². The van der Waals surface area contributed by atoms with E-state index in [0.29, 0.717) is 18.7 Å². The van der Waals surface area contributed by atoms with Crippen molar-refractivity contribution >= 4 is 23.6 Å². The molecule has 134 valence electrons. The normalized spacial score (nSPS) is 11.0. The van der Waals surface area contributed by atoms with Gasteiger partial charge in [-0.3, -0.25) is 4.79 Å². The standard InChI is InChI=1S/C16H24ClN3O4/c1-16(2,3)24-15(23)19-8-6-4-5-7-18-13(21)11-9-12(17)14(22)20-10-11/h9-10H,4-8H2,1-3H3,(H,18,21)(H,19,23)(H,20,22). The van der Waals surface area contributed by atoms with Crippen LogP contribution in [0.2, 0.25) is 5.02 Å². The number of halogens is 1. The van der Waals surface area contributed by atoms with E-state index in [-0.39, 0.29) is 16.8 Å². The highest BCUT2D eigenvalue weighted by Gasteiger charge is 2.15. The van der Waals surface area contributed by atoms with Crippen LogP contribution in [0.25, 0.3) is 0 Å². The number of unbranched alkanes of at least 4 members (excludes halogenated alkanes) is 2. The Morgan fingerprint density at radius 3 is 2.42 bits per heavy atom. The molecule has 0 atom stereocenters. The number of aromatic nitrogens is 1. The van der Waals surface area contributed by atoms with Crippen LogP contribution >= 0.6 is 11.6 Å². The van der Waals surface area contributed by atoms with Crippen LogP contribution in [-0.2, 0) is 4.74 Å². The van der Waals surface area contributed by atoms with Crippen LogP contribution < -0.4 is 10.6 Å². The van der Waals surface area contributed by atoms with E-state index in [0.717, 1.165) is 19.3 Å². The highest BCUT2D eigenvalue weighted by Crippen LogP contribution is 2.20. The van der Waals surface area contributed by atoms with Crippen LogP contribution in [-0.4, -0.2) is 40.8 Å². The smallest absolute Gasteiger partial charge is 0.407 e. The zero-order chi connectivity index (χ0) is 18.2. The van der Waals surface area contributed by atoms with Gasteiger partial charge in [0.25, 0.3) is 5.91 Å². The number of hydrogen-bond donors (Lipinski definition) is 3. The first-order valence-corrected chi connectivity index (χ1v) is 8.16. The largest absolute Gasteiger partial charge is 0.492 e. The van der Waals surface area contributed by atoms with Gasteiger partial charge >= 0.3 is 6.09 Å². The van der Waals surface area contributed by atoms with Gasteiger partial charge in [-0.2, -0.15) is 0 Å². The summed E-state index contributed by atoms with van der Waals surface area (Å²) in [6.45, 7) is 6.47. The van der Waals surface area contributed by atoms with Crippen LogP contribution in [0.3, 0.4) is 0 Å². The van der Waals surface area contributed by atoms with Crippen molar-refractivity contribution in [1.82, 2.24) is 15.6 Å². The molecule has 0 aliphatic rings. The minimum Gasteiger partial charge on any atom is -0.492 e. The predicted molar refractivity (Wildman–Crippen MR) is 91.3 cm³/mol. The SMILES string of the molecule is CC(C)(C)OC(=O)NCCCCCNC(=O)c1cnc(O)c(Cl)c1.